The van der Waals surface area contributed by atoms with Gasteiger partial charge < -0.3 is 29.7 Å². The van der Waals surface area contributed by atoms with Crippen molar-refractivity contribution in [3.63, 3.8) is 0 Å². The second-order valence-electron chi connectivity index (χ2n) is 17.3. The van der Waals surface area contributed by atoms with Crippen LogP contribution < -0.4 is 5.32 Å². The maximum absolute atomic E-state index is 17.7. The van der Waals surface area contributed by atoms with Gasteiger partial charge >= 0.3 is 21.4 Å². The lowest BCUT2D eigenvalue weighted by Gasteiger charge is -2.63. The van der Waals surface area contributed by atoms with Crippen LogP contribution in [0.25, 0.3) is 0 Å². The number of ether oxygens (including phenoxy) is 2. The van der Waals surface area contributed by atoms with Crippen LogP contribution in [0.4, 0.5) is 8.78 Å². The zero-order chi connectivity index (χ0) is 45.4. The van der Waals surface area contributed by atoms with Crippen LogP contribution in [0.5, 0.6) is 0 Å². The molecule has 4 aliphatic carbocycles. The summed E-state index contributed by atoms with van der Waals surface area (Å²) in [5.41, 5.74) is -7.19. The van der Waals surface area contributed by atoms with E-state index < -0.39 is 103 Å². The third kappa shape index (κ3) is 11.2. The van der Waals surface area contributed by atoms with Gasteiger partial charge in [-0.3, -0.25) is 28.3 Å². The fraction of sp³-hybridized carbons (Fsp3) is 0.762. The van der Waals surface area contributed by atoms with Gasteiger partial charge in [-0.15, -0.1) is 6.58 Å². The summed E-state index contributed by atoms with van der Waals surface area (Å²) >= 11 is 0.812. The molecule has 0 radical (unpaired) electrons. The number of allylic oxidation sites excluding steroid dienone is 5. The predicted octanol–water partition coefficient (Wildman–Crippen LogP) is 7.65. The minimum absolute atomic E-state index is 0.0254. The van der Waals surface area contributed by atoms with Gasteiger partial charge in [0.1, 0.15) is 12.8 Å². The van der Waals surface area contributed by atoms with Crippen molar-refractivity contribution >= 4 is 50.0 Å². The van der Waals surface area contributed by atoms with Crippen LogP contribution in [-0.2, 0) is 46.6 Å². The van der Waals surface area contributed by atoms with Crippen LogP contribution >= 0.6 is 27.2 Å². The topological polar surface area (TPSA) is 212 Å². The first-order chi connectivity index (χ1) is 28.6. The highest BCUT2D eigenvalue weighted by Gasteiger charge is 2.78. The monoisotopic (exact) mass is 923 g/mol. The molecule has 346 valence electrons. The average Bonchev–Trinajstić information content (AvgIpc) is 3.40. The highest BCUT2D eigenvalue weighted by molar-refractivity contribution is 8.13. The smallest absolute Gasteiger partial charge is 0.449 e. The van der Waals surface area contributed by atoms with E-state index in [2.05, 4.69) is 16.2 Å². The Morgan fingerprint density at radius 3 is 2.49 bits per heavy atom. The van der Waals surface area contributed by atoms with E-state index in [-0.39, 0.29) is 69.1 Å². The number of alkyl halides is 2. The fourth-order valence-corrected chi connectivity index (χ4v) is 14.2. The molecule has 0 saturated heterocycles. The highest BCUT2D eigenvalue weighted by Crippen LogP contribution is 2.72. The van der Waals surface area contributed by atoms with Crippen molar-refractivity contribution in [2.75, 3.05) is 31.7 Å². The Morgan fingerprint density at radius 1 is 1.10 bits per heavy atom. The molecule has 0 spiro atoms. The van der Waals surface area contributed by atoms with Crippen LogP contribution in [0.2, 0.25) is 0 Å². The lowest BCUT2D eigenvalue weighted by molar-refractivity contribution is -0.228. The molecular weight excluding hydrogens is 858 g/mol. The van der Waals surface area contributed by atoms with Crippen molar-refractivity contribution in [1.82, 2.24) is 5.32 Å². The van der Waals surface area contributed by atoms with Crippen molar-refractivity contribution < 1.29 is 70.3 Å². The number of carbonyl (C=O) groups is 4. The van der Waals surface area contributed by atoms with E-state index in [1.54, 1.807) is 20.8 Å². The van der Waals surface area contributed by atoms with E-state index in [1.807, 2.05) is 13.0 Å². The number of ketones is 1. The molecular formula is C42H65F2NO13P2S. The maximum atomic E-state index is 17.7. The van der Waals surface area contributed by atoms with Crippen molar-refractivity contribution in [1.29, 1.82) is 0 Å². The molecule has 1 amide bonds. The van der Waals surface area contributed by atoms with Gasteiger partial charge in [-0.25, -0.2) is 17.7 Å². The zero-order valence-corrected chi connectivity index (χ0v) is 38.6. The standard InChI is InChI=1S/C42H65F2NO13P2S/c1-7-10-11-12-13-16-30(8-2)55-27-36(48)45-19-20-56-60(53,54)58-59(51,52)21-14-15-22-61-38(50)42(57-37(49)9-3)28(4)23-31-32-25-34(43)33-24-29(46)17-18-39(33,5)41(32,44)35(47)26-40(31,42)6/h7,17-18,24,28,30-32,34-35,47H,1,8-16,19-23,25-27H2,2-6H3,(H,45,48)(H,51,52)(H,53,54)/t28-,30?,31+,32+,34+,35+,39+,40+,41+,42+/m1/s1. The number of amides is 1. The van der Waals surface area contributed by atoms with Gasteiger partial charge in [0.05, 0.1) is 25.0 Å². The van der Waals surface area contributed by atoms with Gasteiger partial charge in [-0.2, -0.15) is 0 Å². The van der Waals surface area contributed by atoms with E-state index in [4.69, 9.17) is 14.0 Å². The molecule has 0 bridgehead atoms. The molecule has 4 N–H and O–H groups in total. The Bertz CT molecular complexity index is 1780. The molecule has 3 fully saturated rings. The summed E-state index contributed by atoms with van der Waals surface area (Å²) in [6.45, 7) is 11.2. The highest BCUT2D eigenvalue weighted by atomic mass is 32.2. The molecule has 3 unspecified atom stereocenters. The summed E-state index contributed by atoms with van der Waals surface area (Å²) in [6.07, 6.45) is 6.62. The molecule has 4 aliphatic rings. The number of phosphoric ester groups is 1. The van der Waals surface area contributed by atoms with Gasteiger partial charge in [-0.05, 0) is 88.4 Å². The molecule has 0 aliphatic heterocycles. The quantitative estimate of drug-likeness (QED) is 0.0317. The van der Waals surface area contributed by atoms with Gasteiger partial charge in [-0.1, -0.05) is 64.5 Å². The minimum Gasteiger partial charge on any atom is -0.449 e. The SMILES string of the molecule is C=CCCCCCC(CC)OCC(=O)NCCOP(=O)(O)OP(=O)(O)CCCCSC(=O)[C@@]1(OC(=O)CC)[C@H](C)C[C@H]2[C@@H]3C[C@H](F)C4=CC(=O)C=C[C@]4(C)[C@@]3(F)[C@@H](O)C[C@@]21C. The van der Waals surface area contributed by atoms with Crippen LogP contribution in [0.1, 0.15) is 112 Å². The third-order valence-corrected chi connectivity index (χ3v) is 17.6. The summed E-state index contributed by atoms with van der Waals surface area (Å²) in [4.78, 5) is 72.3. The normalized spacial score (nSPS) is 34.2. The molecule has 0 aromatic carbocycles. The van der Waals surface area contributed by atoms with Crippen LogP contribution in [0.3, 0.4) is 0 Å². The third-order valence-electron chi connectivity index (χ3n) is 13.4. The number of halogens is 2. The maximum Gasteiger partial charge on any atom is 0.479 e. The number of thioether (sulfide) groups is 1. The Hall–Kier alpha value is -2.07. The summed E-state index contributed by atoms with van der Waals surface area (Å²) in [6, 6.07) is 0. The van der Waals surface area contributed by atoms with Gasteiger partial charge in [0.15, 0.2) is 17.1 Å². The van der Waals surface area contributed by atoms with Crippen molar-refractivity contribution in [3.05, 3.63) is 36.5 Å². The van der Waals surface area contributed by atoms with Gasteiger partial charge in [0.25, 0.3) is 0 Å². The predicted molar refractivity (Wildman–Crippen MR) is 227 cm³/mol. The van der Waals surface area contributed by atoms with E-state index in [0.29, 0.717) is 0 Å². The first-order valence-electron chi connectivity index (χ1n) is 21.4. The first-order valence-corrected chi connectivity index (χ1v) is 25.7. The Kier molecular flexibility index (Phi) is 18.0. The summed E-state index contributed by atoms with van der Waals surface area (Å²) in [5, 5.41) is 13.7. The fourth-order valence-electron chi connectivity index (χ4n) is 10.2. The van der Waals surface area contributed by atoms with Crippen molar-refractivity contribution in [2.24, 2.45) is 28.6 Å². The second-order valence-corrected chi connectivity index (χ2v) is 21.9. The largest absolute Gasteiger partial charge is 0.479 e. The number of aliphatic hydroxyl groups excluding tert-OH is 1. The number of aliphatic hydroxyl groups is 1. The average molecular weight is 924 g/mol. The Balaban J connectivity index is 1.30. The number of esters is 1. The number of hydrogen-bond donors (Lipinski definition) is 4. The molecule has 0 aromatic heterocycles. The zero-order valence-electron chi connectivity index (χ0n) is 36.0. The number of fused-ring (bicyclic) bond motifs is 5. The van der Waals surface area contributed by atoms with E-state index in [0.717, 1.165) is 56.4 Å². The number of hydrogen-bond acceptors (Lipinski definition) is 12. The molecule has 61 heavy (non-hydrogen) atoms. The Morgan fingerprint density at radius 2 is 1.82 bits per heavy atom. The minimum atomic E-state index is -5.01. The molecule has 12 atom stereocenters. The second kappa shape index (κ2) is 21.3. The molecule has 19 heteroatoms. The van der Waals surface area contributed by atoms with Crippen LogP contribution in [-0.4, -0.2) is 99.0 Å². The molecule has 4 rings (SSSR count). The molecule has 3 saturated carbocycles. The van der Waals surface area contributed by atoms with Crippen LogP contribution in [0.15, 0.2) is 36.5 Å². The number of carbonyl (C=O) groups excluding carboxylic acids is 4. The summed E-state index contributed by atoms with van der Waals surface area (Å²) < 4.78 is 80.0. The molecule has 0 heterocycles. The number of rotatable bonds is 24. The molecule has 14 nitrogen and oxygen atoms in total. The number of unbranched alkanes of at least 4 members (excludes halogenated alkanes) is 4. The van der Waals surface area contributed by atoms with Crippen molar-refractivity contribution in [2.45, 2.75) is 141 Å². The lowest BCUT2D eigenvalue weighted by atomic mass is 9.44. The summed E-state index contributed by atoms with van der Waals surface area (Å²) in [5.74, 6) is -3.99. The van der Waals surface area contributed by atoms with Gasteiger partial charge in [0.2, 0.25) is 11.0 Å². The first kappa shape index (κ1) is 51.6. The van der Waals surface area contributed by atoms with Crippen LogP contribution in [0, 0.1) is 28.6 Å². The summed E-state index contributed by atoms with van der Waals surface area (Å²) in [7, 11) is -9.68. The van der Waals surface area contributed by atoms with Crippen molar-refractivity contribution in [3.8, 4) is 0 Å². The number of phosphoric acid groups is 1. The molecule has 0 aromatic rings. The van der Waals surface area contributed by atoms with E-state index >= 15 is 8.78 Å². The number of nitrogens with one attached hydrogen (secondary N) is 1. The van der Waals surface area contributed by atoms with E-state index in [1.165, 1.54) is 19.1 Å². The lowest BCUT2D eigenvalue weighted by Crippen LogP contribution is -2.70. The Labute approximate surface area is 362 Å². The van der Waals surface area contributed by atoms with E-state index in [9.17, 15) is 43.2 Å². The van der Waals surface area contributed by atoms with Gasteiger partial charge in [0, 0.05) is 41.4 Å².